The lowest BCUT2D eigenvalue weighted by molar-refractivity contribution is 0.0697. The number of hydrogen-bond acceptors (Lipinski definition) is 5. The van der Waals surface area contributed by atoms with Gasteiger partial charge < -0.3 is 20.5 Å². The number of para-hydroxylation sites is 1. The van der Waals surface area contributed by atoms with Crippen LogP contribution < -0.4 is 20.3 Å². The third kappa shape index (κ3) is 4.45. The predicted octanol–water partition coefficient (Wildman–Crippen LogP) is 3.46. The quantitative estimate of drug-likeness (QED) is 0.597. The molecule has 0 saturated carbocycles. The number of carboxylic acid groups (broad SMARTS) is 1. The van der Waals surface area contributed by atoms with Crippen LogP contribution in [-0.4, -0.2) is 41.1 Å². The first-order valence-corrected chi connectivity index (χ1v) is 9.42. The van der Waals surface area contributed by atoms with Crippen LogP contribution in [0.15, 0.2) is 66.9 Å². The molecule has 3 aromatic rings. The van der Waals surface area contributed by atoms with Crippen molar-refractivity contribution in [1.29, 1.82) is 0 Å². The Kier molecular flexibility index (Phi) is 5.48. The minimum Gasteiger partial charge on any atom is -0.488 e. The Labute approximate surface area is 177 Å². The van der Waals surface area contributed by atoms with Gasteiger partial charge in [-0.05, 0) is 30.3 Å². The number of aromatic nitrogens is 1. The Hall–Kier alpha value is -4.40. The zero-order chi connectivity index (χ0) is 21.8. The van der Waals surface area contributed by atoms with E-state index in [1.54, 1.807) is 18.2 Å². The molecule has 31 heavy (non-hydrogen) atoms. The van der Waals surface area contributed by atoms with E-state index in [0.29, 0.717) is 29.5 Å². The van der Waals surface area contributed by atoms with Crippen molar-refractivity contribution in [2.24, 2.45) is 0 Å². The summed E-state index contributed by atoms with van der Waals surface area (Å²) in [6, 6.07) is 16.0. The van der Waals surface area contributed by atoms with Crippen LogP contribution in [0.4, 0.5) is 22.0 Å². The second-order valence-electron chi connectivity index (χ2n) is 6.68. The van der Waals surface area contributed by atoms with Gasteiger partial charge in [0.15, 0.2) is 11.6 Å². The number of amides is 3. The van der Waals surface area contributed by atoms with Gasteiger partial charge in [-0.15, -0.1) is 0 Å². The molecular formula is C22H18N4O5. The van der Waals surface area contributed by atoms with E-state index < -0.39 is 11.9 Å². The zero-order valence-corrected chi connectivity index (χ0v) is 16.2. The number of pyridine rings is 1. The lowest BCUT2D eigenvalue weighted by atomic mass is 10.1. The third-order valence-electron chi connectivity index (χ3n) is 4.56. The average Bonchev–Trinajstić information content (AvgIpc) is 2.79. The summed E-state index contributed by atoms with van der Waals surface area (Å²) in [6.07, 6.45) is 1.41. The predicted molar refractivity (Wildman–Crippen MR) is 114 cm³/mol. The molecule has 1 aliphatic rings. The molecule has 1 aromatic heterocycles. The Morgan fingerprint density at radius 2 is 1.71 bits per heavy atom. The molecule has 156 valence electrons. The maximum Gasteiger partial charge on any atom is 0.335 e. The molecule has 0 aliphatic carbocycles. The Morgan fingerprint density at radius 3 is 2.48 bits per heavy atom. The summed E-state index contributed by atoms with van der Waals surface area (Å²) in [6.45, 7) is 0.599. The minimum absolute atomic E-state index is 0.0135. The fraction of sp³-hybridized carbons (Fsp3) is 0.0909. The van der Waals surface area contributed by atoms with Gasteiger partial charge in [-0.25, -0.2) is 14.6 Å². The second-order valence-corrected chi connectivity index (χ2v) is 6.68. The molecule has 9 nitrogen and oxygen atoms in total. The molecule has 2 aromatic carbocycles. The number of nitrogens with zero attached hydrogens (tertiary/aromatic N) is 2. The summed E-state index contributed by atoms with van der Waals surface area (Å²) in [4.78, 5) is 42.0. The Balaban J connectivity index is 1.50. The highest BCUT2D eigenvalue weighted by atomic mass is 16.5. The first kappa shape index (κ1) is 19.9. The number of rotatable bonds is 4. The van der Waals surface area contributed by atoms with Crippen molar-refractivity contribution in [3.8, 4) is 5.75 Å². The van der Waals surface area contributed by atoms with Crippen molar-refractivity contribution in [3.63, 3.8) is 0 Å². The van der Waals surface area contributed by atoms with Crippen LogP contribution in [0.5, 0.6) is 5.75 Å². The van der Waals surface area contributed by atoms with Crippen LogP contribution in [0.25, 0.3) is 0 Å². The summed E-state index contributed by atoms with van der Waals surface area (Å²) >= 11 is 0. The van der Waals surface area contributed by atoms with Crippen molar-refractivity contribution in [1.82, 2.24) is 4.98 Å². The SMILES string of the molecule is O=C(O)c1cccc(C(=O)Nc2cnc3c(c2)OCCN3C(=O)Nc2ccccc2)c1. The van der Waals surface area contributed by atoms with E-state index in [2.05, 4.69) is 15.6 Å². The first-order chi connectivity index (χ1) is 15.0. The molecule has 0 atom stereocenters. The lowest BCUT2D eigenvalue weighted by Gasteiger charge is -2.28. The summed E-state index contributed by atoms with van der Waals surface area (Å²) in [5.41, 5.74) is 1.23. The number of urea groups is 1. The number of nitrogens with one attached hydrogen (secondary N) is 2. The Bertz CT molecular complexity index is 1150. The molecule has 0 unspecified atom stereocenters. The van der Waals surface area contributed by atoms with Crippen molar-refractivity contribution in [2.75, 3.05) is 28.7 Å². The van der Waals surface area contributed by atoms with Gasteiger partial charge in [0, 0.05) is 17.3 Å². The molecule has 0 saturated heterocycles. The van der Waals surface area contributed by atoms with E-state index >= 15 is 0 Å². The zero-order valence-electron chi connectivity index (χ0n) is 16.2. The summed E-state index contributed by atoms with van der Waals surface area (Å²) in [7, 11) is 0. The maximum atomic E-state index is 12.7. The molecule has 0 bridgehead atoms. The van der Waals surface area contributed by atoms with Crippen LogP contribution in [0.2, 0.25) is 0 Å². The van der Waals surface area contributed by atoms with Gasteiger partial charge in [0.1, 0.15) is 6.61 Å². The van der Waals surface area contributed by atoms with Gasteiger partial charge in [0.25, 0.3) is 5.91 Å². The van der Waals surface area contributed by atoms with E-state index in [-0.39, 0.29) is 23.8 Å². The van der Waals surface area contributed by atoms with Gasteiger partial charge >= 0.3 is 12.0 Å². The van der Waals surface area contributed by atoms with Gasteiger partial charge in [0.05, 0.1) is 24.0 Å². The standard InChI is InChI=1S/C22H18N4O5/c27-20(14-5-4-6-15(11-14)21(28)29)24-17-12-18-19(23-13-17)26(9-10-31-18)22(30)25-16-7-2-1-3-8-16/h1-8,11-13H,9-10H2,(H,24,27)(H,25,30)(H,28,29). The number of aromatic carboxylic acids is 1. The number of carboxylic acids is 1. The number of carbonyl (C=O) groups excluding carboxylic acids is 2. The summed E-state index contributed by atoms with van der Waals surface area (Å²) in [5.74, 6) is -0.913. The van der Waals surface area contributed by atoms with Crippen LogP contribution in [0.1, 0.15) is 20.7 Å². The smallest absolute Gasteiger partial charge is 0.335 e. The number of hydrogen-bond donors (Lipinski definition) is 3. The van der Waals surface area contributed by atoms with Gasteiger partial charge in [-0.2, -0.15) is 0 Å². The van der Waals surface area contributed by atoms with E-state index in [0.717, 1.165) is 0 Å². The fourth-order valence-corrected chi connectivity index (χ4v) is 3.07. The number of benzene rings is 2. The molecule has 2 heterocycles. The van der Waals surface area contributed by atoms with Crippen LogP contribution >= 0.6 is 0 Å². The van der Waals surface area contributed by atoms with Crippen molar-refractivity contribution in [2.45, 2.75) is 0 Å². The summed E-state index contributed by atoms with van der Waals surface area (Å²) < 4.78 is 5.62. The molecule has 0 spiro atoms. The second kappa shape index (κ2) is 8.54. The van der Waals surface area contributed by atoms with E-state index in [1.165, 1.54) is 35.4 Å². The monoisotopic (exact) mass is 418 g/mol. The topological polar surface area (TPSA) is 121 Å². The number of carbonyl (C=O) groups is 3. The van der Waals surface area contributed by atoms with Crippen LogP contribution in [-0.2, 0) is 0 Å². The molecule has 0 fully saturated rings. The maximum absolute atomic E-state index is 12.7. The number of ether oxygens (including phenoxy) is 1. The van der Waals surface area contributed by atoms with E-state index in [4.69, 9.17) is 9.84 Å². The fourth-order valence-electron chi connectivity index (χ4n) is 3.07. The van der Waals surface area contributed by atoms with Crippen molar-refractivity contribution in [3.05, 3.63) is 78.0 Å². The first-order valence-electron chi connectivity index (χ1n) is 9.42. The van der Waals surface area contributed by atoms with Crippen molar-refractivity contribution >= 4 is 35.1 Å². The molecule has 0 radical (unpaired) electrons. The average molecular weight is 418 g/mol. The molecule has 3 amide bonds. The number of fused-ring (bicyclic) bond motifs is 1. The molecule has 9 heteroatoms. The van der Waals surface area contributed by atoms with Gasteiger partial charge in [-0.3, -0.25) is 9.69 Å². The van der Waals surface area contributed by atoms with Gasteiger partial charge in [-0.1, -0.05) is 24.3 Å². The highest BCUT2D eigenvalue weighted by Gasteiger charge is 2.26. The largest absolute Gasteiger partial charge is 0.488 e. The van der Waals surface area contributed by atoms with Crippen molar-refractivity contribution < 1.29 is 24.2 Å². The molecule has 3 N–H and O–H groups in total. The Morgan fingerprint density at radius 1 is 0.935 bits per heavy atom. The van der Waals surface area contributed by atoms with Gasteiger partial charge in [0.2, 0.25) is 0 Å². The number of anilines is 3. The van der Waals surface area contributed by atoms with Crippen LogP contribution in [0, 0.1) is 0 Å². The highest BCUT2D eigenvalue weighted by molar-refractivity contribution is 6.06. The molecule has 4 rings (SSSR count). The van der Waals surface area contributed by atoms with Crippen LogP contribution in [0.3, 0.4) is 0 Å². The highest BCUT2D eigenvalue weighted by Crippen LogP contribution is 2.32. The normalized spacial score (nSPS) is 12.3. The molecule has 1 aliphatic heterocycles. The lowest BCUT2D eigenvalue weighted by Crippen LogP contribution is -2.41. The van der Waals surface area contributed by atoms with E-state index in [1.807, 2.05) is 18.2 Å². The third-order valence-corrected chi connectivity index (χ3v) is 4.56. The summed E-state index contributed by atoms with van der Waals surface area (Å²) in [5, 5.41) is 14.6. The van der Waals surface area contributed by atoms with E-state index in [9.17, 15) is 14.4 Å². The molecular weight excluding hydrogens is 400 g/mol. The minimum atomic E-state index is -1.12.